The largest absolute Gasteiger partial charge is 0.299 e. The molecule has 0 fully saturated rings. The Morgan fingerprint density at radius 2 is 2.19 bits per heavy atom. The Morgan fingerprint density at radius 1 is 1.50 bits per heavy atom. The Kier molecular flexibility index (Phi) is 4.96. The van der Waals surface area contributed by atoms with Crippen molar-refractivity contribution in [3.8, 4) is 0 Å². The van der Waals surface area contributed by atoms with Gasteiger partial charge in [-0.05, 0) is 50.9 Å². The summed E-state index contributed by atoms with van der Waals surface area (Å²) in [6.07, 6.45) is 0. The van der Waals surface area contributed by atoms with Crippen LogP contribution in [-0.2, 0) is 4.79 Å². The third-order valence-corrected chi connectivity index (χ3v) is 3.22. The lowest BCUT2D eigenvalue weighted by atomic mass is 10.3. The van der Waals surface area contributed by atoms with Crippen LogP contribution in [0.15, 0.2) is 29.2 Å². The normalized spacial score (nSPS) is 11.1. The molecule has 0 heterocycles. The molecule has 2 nitrogen and oxygen atoms in total. The molecule has 0 radical (unpaired) electrons. The number of hydrogen-bond donors (Lipinski definition) is 0. The molecule has 1 rings (SSSR count). The van der Waals surface area contributed by atoms with Crippen LogP contribution in [0.5, 0.6) is 0 Å². The highest BCUT2D eigenvalue weighted by Gasteiger charge is 2.13. The predicted molar refractivity (Wildman–Crippen MR) is 64.8 cm³/mol. The lowest BCUT2D eigenvalue weighted by Gasteiger charge is -2.23. The van der Waals surface area contributed by atoms with Crippen molar-refractivity contribution < 1.29 is 9.18 Å². The molecule has 0 atom stereocenters. The Balaban J connectivity index is 2.71. The summed E-state index contributed by atoms with van der Waals surface area (Å²) in [4.78, 5) is 11.9. The van der Waals surface area contributed by atoms with Gasteiger partial charge in [0.2, 0.25) is 0 Å². The van der Waals surface area contributed by atoms with E-state index in [9.17, 15) is 9.18 Å². The van der Waals surface area contributed by atoms with Crippen LogP contribution in [0.1, 0.15) is 20.8 Å². The maximum atomic E-state index is 13.0. The third-order valence-electron chi connectivity index (χ3n) is 1.97. The number of halogens is 1. The van der Waals surface area contributed by atoms with E-state index in [2.05, 4.69) is 0 Å². The first-order chi connectivity index (χ1) is 7.49. The quantitative estimate of drug-likeness (QED) is 0.739. The summed E-state index contributed by atoms with van der Waals surface area (Å²) >= 11 is 1.41. The standard InChI is InChI=1S/C12H16FNOS/c1-9(2)14(8-10(3)15)16-12-6-4-5-11(13)7-12/h4-7,9H,8H2,1-3H3. The zero-order valence-corrected chi connectivity index (χ0v) is 10.6. The van der Waals surface area contributed by atoms with Crippen molar-refractivity contribution in [1.82, 2.24) is 4.31 Å². The Hall–Kier alpha value is -0.870. The van der Waals surface area contributed by atoms with Crippen molar-refractivity contribution in [1.29, 1.82) is 0 Å². The second-order valence-corrected chi connectivity index (χ2v) is 5.04. The van der Waals surface area contributed by atoms with Crippen LogP contribution in [-0.4, -0.2) is 22.7 Å². The van der Waals surface area contributed by atoms with E-state index >= 15 is 0 Å². The van der Waals surface area contributed by atoms with E-state index in [0.717, 1.165) is 4.90 Å². The summed E-state index contributed by atoms with van der Waals surface area (Å²) in [5.74, 6) is -0.144. The first-order valence-electron chi connectivity index (χ1n) is 5.18. The van der Waals surface area contributed by atoms with Gasteiger partial charge in [0.15, 0.2) is 0 Å². The van der Waals surface area contributed by atoms with Gasteiger partial charge in [-0.15, -0.1) is 0 Å². The van der Waals surface area contributed by atoms with Crippen molar-refractivity contribution in [2.75, 3.05) is 6.54 Å². The van der Waals surface area contributed by atoms with Crippen molar-refractivity contribution >= 4 is 17.7 Å². The summed E-state index contributed by atoms with van der Waals surface area (Å²) in [5.41, 5.74) is 0. The number of carbonyl (C=O) groups excluding carboxylic acids is 1. The molecule has 1 aromatic rings. The smallest absolute Gasteiger partial charge is 0.144 e. The molecule has 0 bridgehead atoms. The van der Waals surface area contributed by atoms with E-state index in [1.54, 1.807) is 13.0 Å². The van der Waals surface area contributed by atoms with E-state index in [0.29, 0.717) is 6.54 Å². The van der Waals surface area contributed by atoms with Crippen molar-refractivity contribution in [2.45, 2.75) is 31.7 Å². The second kappa shape index (κ2) is 6.01. The molecule has 0 saturated carbocycles. The van der Waals surface area contributed by atoms with Crippen LogP contribution in [0, 0.1) is 5.82 Å². The second-order valence-electron chi connectivity index (χ2n) is 3.92. The number of rotatable bonds is 5. The fourth-order valence-electron chi connectivity index (χ4n) is 1.20. The molecule has 0 aliphatic carbocycles. The van der Waals surface area contributed by atoms with Crippen LogP contribution in [0.25, 0.3) is 0 Å². The SMILES string of the molecule is CC(=O)CN(Sc1cccc(F)c1)C(C)C. The molecule has 4 heteroatoms. The number of ketones is 1. The molecule has 16 heavy (non-hydrogen) atoms. The van der Waals surface area contributed by atoms with Gasteiger partial charge in [-0.3, -0.25) is 4.79 Å². The zero-order chi connectivity index (χ0) is 12.1. The molecular formula is C12H16FNOS. The van der Waals surface area contributed by atoms with Gasteiger partial charge in [-0.25, -0.2) is 8.70 Å². The molecule has 88 valence electrons. The molecule has 0 unspecified atom stereocenters. The van der Waals surface area contributed by atoms with Crippen LogP contribution < -0.4 is 0 Å². The Bertz CT molecular complexity index is 368. The van der Waals surface area contributed by atoms with E-state index in [4.69, 9.17) is 0 Å². The van der Waals surface area contributed by atoms with E-state index < -0.39 is 0 Å². The number of hydrogen-bond acceptors (Lipinski definition) is 3. The predicted octanol–water partition coefficient (Wildman–Crippen LogP) is 3.13. The van der Waals surface area contributed by atoms with Gasteiger partial charge < -0.3 is 0 Å². The van der Waals surface area contributed by atoms with Crippen molar-refractivity contribution in [2.24, 2.45) is 0 Å². The summed E-state index contributed by atoms with van der Waals surface area (Å²) in [6.45, 7) is 5.95. The van der Waals surface area contributed by atoms with Gasteiger partial charge in [0.05, 0.1) is 6.54 Å². The lowest BCUT2D eigenvalue weighted by molar-refractivity contribution is -0.117. The maximum absolute atomic E-state index is 13.0. The highest BCUT2D eigenvalue weighted by molar-refractivity contribution is 7.97. The Morgan fingerprint density at radius 3 is 2.69 bits per heavy atom. The molecule has 0 spiro atoms. The zero-order valence-electron chi connectivity index (χ0n) is 9.74. The van der Waals surface area contributed by atoms with Crippen LogP contribution in [0.4, 0.5) is 4.39 Å². The fraction of sp³-hybridized carbons (Fsp3) is 0.417. The number of Topliss-reactive ketones (excluding diaryl/α,β-unsaturated/α-hetero) is 1. The molecular weight excluding hydrogens is 225 g/mol. The summed E-state index contributed by atoms with van der Waals surface area (Å²) < 4.78 is 14.9. The molecule has 0 aromatic heterocycles. The van der Waals surface area contributed by atoms with Crippen molar-refractivity contribution in [3.05, 3.63) is 30.1 Å². The lowest BCUT2D eigenvalue weighted by Crippen LogP contribution is -2.28. The van der Waals surface area contributed by atoms with Crippen LogP contribution >= 0.6 is 11.9 Å². The minimum atomic E-state index is -0.253. The van der Waals surface area contributed by atoms with Gasteiger partial charge in [0.25, 0.3) is 0 Å². The molecule has 0 N–H and O–H groups in total. The van der Waals surface area contributed by atoms with Crippen LogP contribution in [0.3, 0.4) is 0 Å². The number of nitrogens with zero attached hydrogens (tertiary/aromatic N) is 1. The summed E-state index contributed by atoms with van der Waals surface area (Å²) in [5, 5.41) is 0. The number of benzene rings is 1. The third kappa shape index (κ3) is 4.33. The monoisotopic (exact) mass is 241 g/mol. The molecule has 1 aromatic carbocycles. The van der Waals surface area contributed by atoms with Gasteiger partial charge in [-0.2, -0.15) is 0 Å². The first kappa shape index (κ1) is 13.2. The Labute approximate surface area is 100.0 Å². The van der Waals surface area contributed by atoms with Gasteiger partial charge in [-0.1, -0.05) is 6.07 Å². The van der Waals surface area contributed by atoms with Gasteiger partial charge >= 0.3 is 0 Å². The van der Waals surface area contributed by atoms with E-state index in [1.807, 2.05) is 24.2 Å². The molecule has 0 aliphatic rings. The topological polar surface area (TPSA) is 20.3 Å². The minimum absolute atomic E-state index is 0.109. The van der Waals surface area contributed by atoms with E-state index in [-0.39, 0.29) is 17.6 Å². The van der Waals surface area contributed by atoms with Crippen molar-refractivity contribution in [3.63, 3.8) is 0 Å². The fourth-order valence-corrected chi connectivity index (χ4v) is 2.23. The summed E-state index contributed by atoms with van der Waals surface area (Å²) in [6, 6.07) is 6.62. The first-order valence-corrected chi connectivity index (χ1v) is 5.96. The highest BCUT2D eigenvalue weighted by atomic mass is 32.2. The van der Waals surface area contributed by atoms with E-state index in [1.165, 1.54) is 24.1 Å². The molecule has 0 amide bonds. The summed E-state index contributed by atoms with van der Waals surface area (Å²) in [7, 11) is 0. The number of carbonyl (C=O) groups is 1. The minimum Gasteiger partial charge on any atom is -0.299 e. The molecule has 0 aliphatic heterocycles. The maximum Gasteiger partial charge on any atom is 0.144 e. The average molecular weight is 241 g/mol. The van der Waals surface area contributed by atoms with Gasteiger partial charge in [0.1, 0.15) is 11.6 Å². The molecule has 0 saturated heterocycles. The van der Waals surface area contributed by atoms with Crippen LogP contribution in [0.2, 0.25) is 0 Å². The van der Waals surface area contributed by atoms with Gasteiger partial charge in [0, 0.05) is 10.9 Å². The average Bonchev–Trinajstić information content (AvgIpc) is 2.15. The highest BCUT2D eigenvalue weighted by Crippen LogP contribution is 2.24.